The molecule has 19 heavy (non-hydrogen) atoms. The molecule has 0 fully saturated rings. The topological polar surface area (TPSA) is 64.3 Å². The van der Waals surface area contributed by atoms with Crippen molar-refractivity contribution in [1.29, 1.82) is 0 Å². The van der Waals surface area contributed by atoms with Crippen LogP contribution in [0, 0.1) is 0 Å². The number of hydrogen-bond donors (Lipinski definition) is 2. The molecule has 1 aromatic carbocycles. The summed E-state index contributed by atoms with van der Waals surface area (Å²) < 4.78 is 5.31. The van der Waals surface area contributed by atoms with Crippen LogP contribution in [-0.4, -0.2) is 25.6 Å². The molecule has 0 saturated heterocycles. The first-order valence-electron chi connectivity index (χ1n) is 6.69. The number of nitrogens with one attached hydrogen (secondary N) is 1. The molecule has 1 rings (SSSR count). The molecule has 0 radical (unpaired) electrons. The van der Waals surface area contributed by atoms with Gasteiger partial charge in [0.2, 0.25) is 5.91 Å². The van der Waals surface area contributed by atoms with Gasteiger partial charge < -0.3 is 15.8 Å². The SMILES string of the molecule is COc1ccccc1C(C)CC(=O)NCCC(C)N. The van der Waals surface area contributed by atoms with Crippen molar-refractivity contribution in [2.45, 2.75) is 38.6 Å². The van der Waals surface area contributed by atoms with Gasteiger partial charge in [-0.15, -0.1) is 0 Å². The lowest BCUT2D eigenvalue weighted by atomic mass is 9.96. The zero-order chi connectivity index (χ0) is 14.3. The minimum atomic E-state index is 0.0547. The summed E-state index contributed by atoms with van der Waals surface area (Å²) in [7, 11) is 1.65. The molecule has 4 heteroatoms. The van der Waals surface area contributed by atoms with Gasteiger partial charge in [0.25, 0.3) is 0 Å². The second-order valence-corrected chi connectivity index (χ2v) is 4.96. The highest BCUT2D eigenvalue weighted by Gasteiger charge is 2.14. The molecule has 0 spiro atoms. The van der Waals surface area contributed by atoms with Gasteiger partial charge in [0, 0.05) is 19.0 Å². The number of carbonyl (C=O) groups is 1. The zero-order valence-electron chi connectivity index (χ0n) is 12.0. The summed E-state index contributed by atoms with van der Waals surface area (Å²) in [6, 6.07) is 7.92. The zero-order valence-corrected chi connectivity index (χ0v) is 12.0. The van der Waals surface area contributed by atoms with Crippen molar-refractivity contribution in [2.24, 2.45) is 5.73 Å². The standard InChI is InChI=1S/C15H24N2O2/c1-11(10-15(18)17-9-8-12(2)16)13-6-4-5-7-14(13)19-3/h4-7,11-12H,8-10,16H2,1-3H3,(H,17,18). The number of nitrogens with two attached hydrogens (primary N) is 1. The minimum absolute atomic E-state index is 0.0547. The van der Waals surface area contributed by atoms with Gasteiger partial charge in [-0.1, -0.05) is 25.1 Å². The fourth-order valence-corrected chi connectivity index (χ4v) is 1.97. The normalized spacial score (nSPS) is 13.7. The van der Waals surface area contributed by atoms with Gasteiger partial charge in [0.05, 0.1) is 7.11 Å². The second kappa shape index (κ2) is 7.79. The molecule has 1 amide bonds. The summed E-state index contributed by atoms with van der Waals surface area (Å²) in [5.41, 5.74) is 6.70. The monoisotopic (exact) mass is 264 g/mol. The van der Waals surface area contributed by atoms with E-state index in [2.05, 4.69) is 5.32 Å². The van der Waals surface area contributed by atoms with E-state index >= 15 is 0 Å². The number of amides is 1. The molecule has 2 unspecified atom stereocenters. The molecule has 0 bridgehead atoms. The van der Waals surface area contributed by atoms with E-state index in [0.29, 0.717) is 13.0 Å². The molecule has 0 heterocycles. The maximum atomic E-state index is 11.8. The summed E-state index contributed by atoms with van der Waals surface area (Å²) in [4.78, 5) is 11.8. The predicted molar refractivity (Wildman–Crippen MR) is 77.3 cm³/mol. The number of methoxy groups -OCH3 is 1. The quantitative estimate of drug-likeness (QED) is 0.792. The van der Waals surface area contributed by atoms with E-state index in [1.165, 1.54) is 0 Å². The first-order valence-corrected chi connectivity index (χ1v) is 6.69. The Kier molecular flexibility index (Phi) is 6.36. The van der Waals surface area contributed by atoms with E-state index in [4.69, 9.17) is 10.5 Å². The number of hydrogen-bond acceptors (Lipinski definition) is 3. The highest BCUT2D eigenvalue weighted by molar-refractivity contribution is 5.76. The smallest absolute Gasteiger partial charge is 0.220 e. The average Bonchev–Trinajstić information content (AvgIpc) is 2.38. The van der Waals surface area contributed by atoms with E-state index in [0.717, 1.165) is 17.7 Å². The Morgan fingerprint density at radius 1 is 1.37 bits per heavy atom. The summed E-state index contributed by atoms with van der Waals surface area (Å²) in [5.74, 6) is 1.02. The Morgan fingerprint density at radius 2 is 2.05 bits per heavy atom. The molecule has 2 atom stereocenters. The van der Waals surface area contributed by atoms with Crippen molar-refractivity contribution in [3.63, 3.8) is 0 Å². The van der Waals surface area contributed by atoms with Crippen LogP contribution in [0.2, 0.25) is 0 Å². The van der Waals surface area contributed by atoms with Crippen LogP contribution in [0.3, 0.4) is 0 Å². The van der Waals surface area contributed by atoms with Crippen LogP contribution < -0.4 is 15.8 Å². The van der Waals surface area contributed by atoms with E-state index in [9.17, 15) is 4.79 Å². The van der Waals surface area contributed by atoms with Crippen LogP contribution in [0.1, 0.15) is 38.2 Å². The van der Waals surface area contributed by atoms with Crippen LogP contribution >= 0.6 is 0 Å². The van der Waals surface area contributed by atoms with Gasteiger partial charge in [0.1, 0.15) is 5.75 Å². The second-order valence-electron chi connectivity index (χ2n) is 4.96. The van der Waals surface area contributed by atoms with Crippen LogP contribution in [0.4, 0.5) is 0 Å². The third-order valence-electron chi connectivity index (χ3n) is 3.08. The largest absolute Gasteiger partial charge is 0.496 e. The molecular formula is C15H24N2O2. The maximum absolute atomic E-state index is 11.8. The number of para-hydroxylation sites is 1. The van der Waals surface area contributed by atoms with E-state index in [1.54, 1.807) is 7.11 Å². The number of rotatable bonds is 7. The fraction of sp³-hybridized carbons (Fsp3) is 0.533. The Hall–Kier alpha value is -1.55. The van der Waals surface area contributed by atoms with E-state index < -0.39 is 0 Å². The van der Waals surface area contributed by atoms with Gasteiger partial charge in [0.15, 0.2) is 0 Å². The van der Waals surface area contributed by atoms with Gasteiger partial charge in [-0.05, 0) is 30.9 Å². The summed E-state index contributed by atoms with van der Waals surface area (Å²) >= 11 is 0. The highest BCUT2D eigenvalue weighted by Crippen LogP contribution is 2.28. The van der Waals surface area contributed by atoms with E-state index in [-0.39, 0.29) is 17.9 Å². The van der Waals surface area contributed by atoms with E-state index in [1.807, 2.05) is 38.1 Å². The van der Waals surface area contributed by atoms with Crippen molar-refractivity contribution >= 4 is 5.91 Å². The third-order valence-corrected chi connectivity index (χ3v) is 3.08. The molecule has 3 N–H and O–H groups in total. The predicted octanol–water partition coefficient (Wildman–Crippen LogP) is 2.04. The lowest BCUT2D eigenvalue weighted by Gasteiger charge is -2.15. The molecule has 0 saturated carbocycles. The van der Waals surface area contributed by atoms with Crippen LogP contribution in [0.25, 0.3) is 0 Å². The molecule has 0 aliphatic heterocycles. The molecule has 4 nitrogen and oxygen atoms in total. The third kappa shape index (κ3) is 5.30. The molecular weight excluding hydrogens is 240 g/mol. The lowest BCUT2D eigenvalue weighted by Crippen LogP contribution is -2.29. The summed E-state index contributed by atoms with van der Waals surface area (Å²) in [5, 5.41) is 2.89. The van der Waals surface area contributed by atoms with Crippen molar-refractivity contribution < 1.29 is 9.53 Å². The molecule has 106 valence electrons. The van der Waals surface area contributed by atoms with Crippen LogP contribution in [0.5, 0.6) is 5.75 Å². The summed E-state index contributed by atoms with van der Waals surface area (Å²) in [6.45, 7) is 4.60. The van der Waals surface area contributed by atoms with Crippen molar-refractivity contribution in [3.05, 3.63) is 29.8 Å². The molecule has 0 aliphatic rings. The molecule has 1 aromatic rings. The molecule has 0 aromatic heterocycles. The van der Waals surface area contributed by atoms with Crippen molar-refractivity contribution in [2.75, 3.05) is 13.7 Å². The maximum Gasteiger partial charge on any atom is 0.220 e. The van der Waals surface area contributed by atoms with Crippen LogP contribution in [-0.2, 0) is 4.79 Å². The van der Waals surface area contributed by atoms with Gasteiger partial charge in [-0.2, -0.15) is 0 Å². The Labute approximate surface area is 115 Å². The van der Waals surface area contributed by atoms with Crippen molar-refractivity contribution in [3.8, 4) is 5.75 Å². The minimum Gasteiger partial charge on any atom is -0.496 e. The van der Waals surface area contributed by atoms with Crippen LogP contribution in [0.15, 0.2) is 24.3 Å². The first kappa shape index (κ1) is 15.5. The van der Waals surface area contributed by atoms with Gasteiger partial charge in [-0.3, -0.25) is 4.79 Å². The Bertz CT molecular complexity index is 405. The number of carbonyl (C=O) groups excluding carboxylic acids is 1. The number of benzene rings is 1. The first-order chi connectivity index (χ1) is 9.04. The lowest BCUT2D eigenvalue weighted by molar-refractivity contribution is -0.121. The molecule has 0 aliphatic carbocycles. The van der Waals surface area contributed by atoms with Gasteiger partial charge >= 0.3 is 0 Å². The average molecular weight is 264 g/mol. The Morgan fingerprint density at radius 3 is 2.68 bits per heavy atom. The van der Waals surface area contributed by atoms with Crippen molar-refractivity contribution in [1.82, 2.24) is 5.32 Å². The number of ether oxygens (including phenoxy) is 1. The Balaban J connectivity index is 2.49. The summed E-state index contributed by atoms with van der Waals surface area (Å²) in [6.07, 6.45) is 1.26. The van der Waals surface area contributed by atoms with Gasteiger partial charge in [-0.25, -0.2) is 0 Å². The highest BCUT2D eigenvalue weighted by atomic mass is 16.5. The fourth-order valence-electron chi connectivity index (χ4n) is 1.97.